The van der Waals surface area contributed by atoms with Crippen molar-refractivity contribution in [1.82, 2.24) is 0 Å². The van der Waals surface area contributed by atoms with Crippen LogP contribution in [0.4, 0.5) is 79.0 Å². The molecule has 0 bridgehead atoms. The molecule has 0 amide bonds. The van der Waals surface area contributed by atoms with Gasteiger partial charge in [0.15, 0.2) is 11.5 Å². The van der Waals surface area contributed by atoms with Gasteiger partial charge < -0.3 is 14.2 Å². The van der Waals surface area contributed by atoms with Gasteiger partial charge in [-0.3, -0.25) is 0 Å². The van der Waals surface area contributed by atoms with Crippen molar-refractivity contribution >= 4 is 22.7 Å². The van der Waals surface area contributed by atoms with E-state index in [9.17, 15) is 88.6 Å². The molecule has 0 spiro atoms. The molecule has 5 nitrogen and oxygen atoms in total. The fourth-order valence-electron chi connectivity index (χ4n) is 6.53. The number of halogens is 18. The van der Waals surface area contributed by atoms with E-state index in [0.29, 0.717) is 12.8 Å². The molecule has 0 aliphatic rings. The van der Waals surface area contributed by atoms with Crippen LogP contribution in [0.3, 0.4) is 0 Å². The predicted octanol–water partition coefficient (Wildman–Crippen LogP) is 15.4. The second-order valence-corrected chi connectivity index (χ2v) is 15.7. The Morgan fingerprint density at radius 3 is 1.32 bits per heavy atom. The number of allylic oxidation sites excluding steroid dienone is 1. The van der Waals surface area contributed by atoms with Crippen LogP contribution < -0.4 is 14.2 Å². The molecule has 23 heteroatoms. The largest absolute Gasteiger partial charge is 0.490 e. The highest BCUT2D eigenvalue weighted by Gasteiger charge is 2.82. The van der Waals surface area contributed by atoms with Crippen LogP contribution in [0.15, 0.2) is 91.5 Å². The van der Waals surface area contributed by atoms with E-state index in [1.54, 1.807) is 6.08 Å². The number of alkyl halides is 18. The van der Waals surface area contributed by atoms with Crippen LogP contribution in [0.25, 0.3) is 10.8 Å². The Balaban J connectivity index is 1.56. The number of fused-ring (bicyclic) bond motifs is 1. The molecule has 4 rings (SSSR count). The van der Waals surface area contributed by atoms with Crippen LogP contribution in [-0.2, 0) is 12.8 Å². The molecule has 4 aromatic rings. The predicted molar refractivity (Wildman–Crippen MR) is 213 cm³/mol. The Bertz CT molecular complexity index is 2380. The number of rotatable bonds is 24. The van der Waals surface area contributed by atoms with Gasteiger partial charge in [0, 0.05) is 29.7 Å². The van der Waals surface area contributed by atoms with Crippen LogP contribution in [0.5, 0.6) is 17.2 Å². The number of carbonyl (C=O) groups excluding carboxylic acids is 2. The first-order valence-corrected chi connectivity index (χ1v) is 20.6. The van der Waals surface area contributed by atoms with Gasteiger partial charge in [-0.15, -0.1) is 6.58 Å². The standard InChI is InChI=1S/C46H40F18O5/c1-2-3-4-5-6-7-8-11-26-67-35-27-34(68-37(65)30-18-14-28(15-19-30)22-24-39(47,48)41(51,52)43(55,56)45(59,60)61)32-12-9-10-13-33(32)36(35)69-38(66)31-20-16-29(17-21-31)23-25-40(49,50)42(53,54)44(57,58)46(62,63)64/h2,9-10,12-21,27H,1,3-8,11,22-26H2. The van der Waals surface area contributed by atoms with Crippen LogP contribution in [0.1, 0.15) is 89.6 Å². The van der Waals surface area contributed by atoms with Crippen LogP contribution in [-0.4, -0.2) is 66.4 Å². The van der Waals surface area contributed by atoms with Gasteiger partial charge in [-0.25, -0.2) is 9.59 Å². The third-order valence-corrected chi connectivity index (χ3v) is 10.6. The number of hydrogen-bond donors (Lipinski definition) is 0. The molecular formula is C46H40F18O5. The van der Waals surface area contributed by atoms with E-state index in [1.807, 2.05) is 0 Å². The molecule has 0 aliphatic heterocycles. The van der Waals surface area contributed by atoms with Gasteiger partial charge in [0.1, 0.15) is 5.75 Å². The average Bonchev–Trinajstić information content (AvgIpc) is 3.27. The number of carbonyl (C=O) groups is 2. The fraction of sp³-hybridized carbons (Fsp3) is 0.435. The maximum absolute atomic E-state index is 14.1. The first-order chi connectivity index (χ1) is 31.8. The zero-order chi connectivity index (χ0) is 51.9. The molecule has 0 saturated heterocycles. The molecular weight excluding hydrogens is 974 g/mol. The van der Waals surface area contributed by atoms with Gasteiger partial charge in [-0.1, -0.05) is 80.3 Å². The maximum atomic E-state index is 14.1. The summed E-state index contributed by atoms with van der Waals surface area (Å²) >= 11 is 0. The summed E-state index contributed by atoms with van der Waals surface area (Å²) in [6, 6.07) is 14.5. The molecule has 69 heavy (non-hydrogen) atoms. The van der Waals surface area contributed by atoms with Crippen molar-refractivity contribution in [2.24, 2.45) is 0 Å². The number of unbranched alkanes of at least 4 members (excludes halogenated alkanes) is 6. The minimum Gasteiger partial charge on any atom is -0.490 e. The average molecular weight is 1010 g/mol. The molecule has 380 valence electrons. The van der Waals surface area contributed by atoms with E-state index in [2.05, 4.69) is 6.58 Å². The van der Waals surface area contributed by atoms with Crippen molar-refractivity contribution in [2.75, 3.05) is 6.61 Å². The molecule has 0 fully saturated rings. The van der Waals surface area contributed by atoms with E-state index in [4.69, 9.17) is 14.2 Å². The van der Waals surface area contributed by atoms with Crippen molar-refractivity contribution < 1.29 is 103 Å². The van der Waals surface area contributed by atoms with Gasteiger partial charge >= 0.3 is 59.8 Å². The summed E-state index contributed by atoms with van der Waals surface area (Å²) in [4.78, 5) is 26.8. The Kier molecular flexibility index (Phi) is 17.5. The number of ether oxygens (including phenoxy) is 3. The quantitative estimate of drug-likeness (QED) is 0.0230. The molecule has 0 saturated carbocycles. The highest BCUT2D eigenvalue weighted by Crippen LogP contribution is 2.55. The third-order valence-electron chi connectivity index (χ3n) is 10.6. The zero-order valence-corrected chi connectivity index (χ0v) is 35.6. The minimum atomic E-state index is -7.06. The van der Waals surface area contributed by atoms with Gasteiger partial charge in [0.25, 0.3) is 0 Å². The Hall–Kier alpha value is -5.64. The molecule has 4 aromatic carbocycles. The van der Waals surface area contributed by atoms with Crippen LogP contribution in [0.2, 0.25) is 0 Å². The molecule has 0 N–H and O–H groups in total. The van der Waals surface area contributed by atoms with Gasteiger partial charge in [-0.2, -0.15) is 79.0 Å². The molecule has 0 radical (unpaired) electrons. The van der Waals surface area contributed by atoms with Crippen molar-refractivity contribution in [3.8, 4) is 17.2 Å². The van der Waals surface area contributed by atoms with E-state index < -0.39 is 85.5 Å². The summed E-state index contributed by atoms with van der Waals surface area (Å²) in [7, 11) is 0. The van der Waals surface area contributed by atoms with Crippen molar-refractivity contribution in [2.45, 2.75) is 119 Å². The maximum Gasteiger partial charge on any atom is 0.460 e. The molecule has 0 unspecified atom stereocenters. The lowest BCUT2D eigenvalue weighted by Gasteiger charge is -2.33. The summed E-state index contributed by atoms with van der Waals surface area (Å²) in [5.74, 6) is -42.3. The fourth-order valence-corrected chi connectivity index (χ4v) is 6.53. The van der Waals surface area contributed by atoms with Gasteiger partial charge in [0.05, 0.1) is 17.7 Å². The van der Waals surface area contributed by atoms with E-state index in [1.165, 1.54) is 24.3 Å². The molecule has 0 atom stereocenters. The third kappa shape index (κ3) is 12.6. The lowest BCUT2D eigenvalue weighted by Crippen LogP contribution is -2.60. The first kappa shape index (κ1) is 56.0. The van der Waals surface area contributed by atoms with Crippen LogP contribution >= 0.6 is 0 Å². The highest BCUT2D eigenvalue weighted by atomic mass is 19.4. The summed E-state index contributed by atoms with van der Waals surface area (Å²) in [5, 5.41) is 0.174. The Morgan fingerprint density at radius 1 is 0.478 bits per heavy atom. The van der Waals surface area contributed by atoms with E-state index >= 15 is 0 Å². The van der Waals surface area contributed by atoms with Gasteiger partial charge in [0.2, 0.25) is 0 Å². The number of aryl methyl sites for hydroxylation is 2. The van der Waals surface area contributed by atoms with Crippen LogP contribution in [0, 0.1) is 0 Å². The van der Waals surface area contributed by atoms with Crippen molar-refractivity contribution in [3.63, 3.8) is 0 Å². The van der Waals surface area contributed by atoms with Crippen molar-refractivity contribution in [3.05, 3.63) is 114 Å². The summed E-state index contributed by atoms with van der Waals surface area (Å²) in [5.41, 5.74) is -1.14. The van der Waals surface area contributed by atoms with Crippen molar-refractivity contribution in [1.29, 1.82) is 0 Å². The minimum absolute atomic E-state index is 0.0104. The SMILES string of the molecule is C=CCCCCCCCCOc1cc(OC(=O)c2ccc(CCC(F)(F)C(F)(F)C(F)(F)C(F)(F)F)cc2)c2ccccc2c1OC(=O)c1ccc(CCC(F)(F)C(F)(F)C(F)(F)C(F)(F)F)cc1. The normalized spacial score (nSPS) is 13.4. The number of benzene rings is 4. The monoisotopic (exact) mass is 1010 g/mol. The van der Waals surface area contributed by atoms with E-state index in [0.717, 1.165) is 86.7 Å². The second kappa shape index (κ2) is 21.6. The second-order valence-electron chi connectivity index (χ2n) is 15.7. The molecule has 0 aliphatic carbocycles. The Morgan fingerprint density at radius 2 is 0.884 bits per heavy atom. The molecule has 0 aromatic heterocycles. The van der Waals surface area contributed by atoms with E-state index in [-0.39, 0.29) is 56.9 Å². The number of hydrogen-bond acceptors (Lipinski definition) is 5. The lowest BCUT2D eigenvalue weighted by molar-refractivity contribution is -0.396. The summed E-state index contributed by atoms with van der Waals surface area (Å²) in [6.07, 6.45) is -13.1. The van der Waals surface area contributed by atoms with Gasteiger partial charge in [-0.05, 0) is 67.5 Å². The Labute approximate surface area is 381 Å². The zero-order valence-electron chi connectivity index (χ0n) is 35.6. The smallest absolute Gasteiger partial charge is 0.460 e. The highest BCUT2D eigenvalue weighted by molar-refractivity contribution is 6.01. The topological polar surface area (TPSA) is 61.8 Å². The number of esters is 2. The molecule has 0 heterocycles. The first-order valence-electron chi connectivity index (χ1n) is 20.6. The summed E-state index contributed by atoms with van der Waals surface area (Å²) in [6.45, 7) is 3.68. The lowest BCUT2D eigenvalue weighted by atomic mass is 9.97. The summed E-state index contributed by atoms with van der Waals surface area (Å²) < 4.78 is 257.